The van der Waals surface area contributed by atoms with Crippen molar-refractivity contribution >= 4 is 36.8 Å². The van der Waals surface area contributed by atoms with Gasteiger partial charge in [-0.2, -0.15) is 0 Å². The number of nitrogens with zero attached hydrogens (tertiary/aromatic N) is 1. The molecule has 1 aromatic heterocycles. The normalized spacial score (nSPS) is 12.6. The third-order valence-electron chi connectivity index (χ3n) is 3.93. The summed E-state index contributed by atoms with van der Waals surface area (Å²) < 4.78 is 58.3. The Balaban J connectivity index is 2.03. The molecule has 0 bridgehead atoms. The summed E-state index contributed by atoms with van der Waals surface area (Å²) in [6.45, 7) is 1.65. The predicted octanol–water partition coefficient (Wildman–Crippen LogP) is 1.48. The number of benzene rings is 2. The van der Waals surface area contributed by atoms with Gasteiger partial charge in [-0.3, -0.25) is 9.71 Å². The van der Waals surface area contributed by atoms with Crippen LogP contribution in [0.4, 0.5) is 5.69 Å². The van der Waals surface area contributed by atoms with Gasteiger partial charge < -0.3 is 4.42 Å². The van der Waals surface area contributed by atoms with Gasteiger partial charge in [0.05, 0.1) is 21.0 Å². The lowest BCUT2D eigenvalue weighted by molar-refractivity contribution is 0.520. The first-order chi connectivity index (χ1) is 12.5. The molecule has 0 saturated heterocycles. The summed E-state index contributed by atoms with van der Waals surface area (Å²) >= 11 is 0. The number of sulfonamides is 2. The largest absolute Gasteiger partial charge is 0.417 e. The molecule has 0 aliphatic heterocycles. The fraction of sp³-hybridized carbons (Fsp3) is 0.188. The molecule has 3 aromatic rings. The lowest BCUT2D eigenvalue weighted by Crippen LogP contribution is -2.22. The van der Waals surface area contributed by atoms with E-state index in [4.69, 9.17) is 4.42 Å². The Labute approximate surface area is 155 Å². The molecule has 2 aromatic carbocycles. The summed E-state index contributed by atoms with van der Waals surface area (Å²) in [6.07, 6.45) is 0. The van der Waals surface area contributed by atoms with E-state index in [2.05, 4.69) is 9.71 Å². The molecular formula is C16H17N3O6S2. The van der Waals surface area contributed by atoms with E-state index in [1.807, 2.05) is 0 Å². The first kappa shape index (κ1) is 19.1. The van der Waals surface area contributed by atoms with E-state index in [-0.39, 0.29) is 21.1 Å². The number of oxazole rings is 1. The number of aromatic nitrogens is 1. The summed E-state index contributed by atoms with van der Waals surface area (Å²) in [5.74, 6) is -0.690. The fourth-order valence-electron chi connectivity index (χ4n) is 2.38. The third kappa shape index (κ3) is 3.61. The molecule has 0 aliphatic rings. The van der Waals surface area contributed by atoms with Crippen LogP contribution in [0, 0.1) is 6.92 Å². The minimum absolute atomic E-state index is 0.0390. The Bertz CT molecular complexity index is 1290. The Morgan fingerprint density at radius 2 is 1.67 bits per heavy atom. The van der Waals surface area contributed by atoms with Crippen molar-refractivity contribution in [2.75, 3.05) is 18.8 Å². The first-order valence-electron chi connectivity index (χ1n) is 7.69. The number of H-pyrrole nitrogens is 1. The maximum atomic E-state index is 12.7. The van der Waals surface area contributed by atoms with E-state index in [1.165, 1.54) is 50.5 Å². The summed E-state index contributed by atoms with van der Waals surface area (Å²) in [5, 5.41) is 0. The number of aromatic amines is 1. The van der Waals surface area contributed by atoms with Crippen LogP contribution < -0.4 is 10.5 Å². The Kier molecular flexibility index (Phi) is 4.62. The molecule has 0 atom stereocenters. The van der Waals surface area contributed by atoms with Gasteiger partial charge in [0.1, 0.15) is 0 Å². The number of aryl methyl sites for hydroxylation is 1. The topological polar surface area (TPSA) is 130 Å². The average Bonchev–Trinajstić information content (AvgIpc) is 2.95. The van der Waals surface area contributed by atoms with Gasteiger partial charge in [0, 0.05) is 20.2 Å². The summed E-state index contributed by atoms with van der Waals surface area (Å²) in [6, 6.07) is 8.12. The Hall–Kier alpha value is -2.63. The van der Waals surface area contributed by atoms with Crippen LogP contribution in [0.2, 0.25) is 0 Å². The Morgan fingerprint density at radius 3 is 2.33 bits per heavy atom. The highest BCUT2D eigenvalue weighted by atomic mass is 32.2. The molecule has 0 amide bonds. The van der Waals surface area contributed by atoms with Gasteiger partial charge >= 0.3 is 5.76 Å². The molecule has 11 heteroatoms. The number of fused-ring (bicyclic) bond motifs is 1. The molecule has 2 N–H and O–H groups in total. The van der Waals surface area contributed by atoms with Gasteiger partial charge in [-0.1, -0.05) is 6.07 Å². The zero-order chi connectivity index (χ0) is 20.0. The molecule has 0 saturated carbocycles. The number of anilines is 1. The van der Waals surface area contributed by atoms with Crippen molar-refractivity contribution in [2.24, 2.45) is 0 Å². The van der Waals surface area contributed by atoms with E-state index >= 15 is 0 Å². The minimum Gasteiger partial charge on any atom is -0.408 e. The third-order valence-corrected chi connectivity index (χ3v) is 7.11. The van der Waals surface area contributed by atoms with Crippen molar-refractivity contribution in [1.82, 2.24) is 9.29 Å². The van der Waals surface area contributed by atoms with Gasteiger partial charge in [-0.25, -0.2) is 25.9 Å². The number of rotatable bonds is 5. The molecule has 3 rings (SSSR count). The van der Waals surface area contributed by atoms with Crippen molar-refractivity contribution in [2.45, 2.75) is 16.7 Å². The number of nitrogens with one attached hydrogen (secondary N) is 2. The SMILES string of the molecule is Cc1ccc(S(=O)(=O)N(C)C)cc1NS(=O)(=O)c1ccc2[nH]c(=O)oc2c1. The van der Waals surface area contributed by atoms with Crippen molar-refractivity contribution in [3.63, 3.8) is 0 Å². The molecule has 0 spiro atoms. The zero-order valence-corrected chi connectivity index (χ0v) is 16.3. The molecule has 0 aliphatic carbocycles. The standard InChI is InChI=1S/C16H17N3O6S2/c1-10-4-5-12(27(23,24)19(2)3)8-14(10)18-26(21,22)11-6-7-13-15(9-11)25-16(20)17-13/h4-9,18H,1-3H3,(H,17,20). The smallest absolute Gasteiger partial charge is 0.408 e. The van der Waals surface area contributed by atoms with E-state index in [1.54, 1.807) is 6.92 Å². The van der Waals surface area contributed by atoms with Gasteiger partial charge in [0.15, 0.2) is 5.58 Å². The molecular weight excluding hydrogens is 394 g/mol. The molecule has 0 fully saturated rings. The van der Waals surface area contributed by atoms with Gasteiger partial charge in [-0.15, -0.1) is 0 Å². The van der Waals surface area contributed by atoms with E-state index in [9.17, 15) is 21.6 Å². The maximum Gasteiger partial charge on any atom is 0.417 e. The molecule has 144 valence electrons. The van der Waals surface area contributed by atoms with Crippen LogP contribution in [0.25, 0.3) is 11.1 Å². The quantitative estimate of drug-likeness (QED) is 0.654. The van der Waals surface area contributed by atoms with Crippen LogP contribution in [0.1, 0.15) is 5.56 Å². The highest BCUT2D eigenvalue weighted by Crippen LogP contribution is 2.25. The molecule has 27 heavy (non-hydrogen) atoms. The van der Waals surface area contributed by atoms with E-state index in [0.29, 0.717) is 11.1 Å². The van der Waals surface area contributed by atoms with Gasteiger partial charge in [-0.05, 0) is 36.8 Å². The van der Waals surface area contributed by atoms with Crippen LogP contribution in [-0.2, 0) is 20.0 Å². The van der Waals surface area contributed by atoms with Gasteiger partial charge in [0.25, 0.3) is 10.0 Å². The van der Waals surface area contributed by atoms with Gasteiger partial charge in [0.2, 0.25) is 10.0 Å². The minimum atomic E-state index is -4.03. The highest BCUT2D eigenvalue weighted by Gasteiger charge is 2.21. The van der Waals surface area contributed by atoms with Crippen LogP contribution >= 0.6 is 0 Å². The molecule has 0 unspecified atom stereocenters. The van der Waals surface area contributed by atoms with E-state index in [0.717, 1.165) is 4.31 Å². The van der Waals surface area contributed by atoms with Crippen molar-refractivity contribution in [1.29, 1.82) is 0 Å². The predicted molar refractivity (Wildman–Crippen MR) is 99.7 cm³/mol. The van der Waals surface area contributed by atoms with Crippen LogP contribution in [-0.4, -0.2) is 40.2 Å². The average molecular weight is 411 g/mol. The van der Waals surface area contributed by atoms with Crippen molar-refractivity contribution in [3.05, 3.63) is 52.5 Å². The lowest BCUT2D eigenvalue weighted by Gasteiger charge is -2.15. The van der Waals surface area contributed by atoms with Crippen molar-refractivity contribution in [3.8, 4) is 0 Å². The van der Waals surface area contributed by atoms with Crippen LogP contribution in [0.3, 0.4) is 0 Å². The fourth-order valence-corrected chi connectivity index (χ4v) is 4.44. The lowest BCUT2D eigenvalue weighted by atomic mass is 10.2. The first-order valence-corrected chi connectivity index (χ1v) is 10.6. The number of hydrogen-bond donors (Lipinski definition) is 2. The van der Waals surface area contributed by atoms with Crippen molar-refractivity contribution < 1.29 is 21.3 Å². The summed E-state index contributed by atoms with van der Waals surface area (Å²) in [7, 11) is -4.98. The zero-order valence-electron chi connectivity index (χ0n) is 14.7. The molecule has 9 nitrogen and oxygen atoms in total. The maximum absolute atomic E-state index is 12.7. The second-order valence-corrected chi connectivity index (χ2v) is 9.88. The van der Waals surface area contributed by atoms with Crippen LogP contribution in [0.5, 0.6) is 0 Å². The summed E-state index contributed by atoms with van der Waals surface area (Å²) in [4.78, 5) is 13.5. The Morgan fingerprint density at radius 1 is 1.00 bits per heavy atom. The van der Waals surface area contributed by atoms with E-state index < -0.39 is 25.8 Å². The second kappa shape index (κ2) is 6.51. The monoisotopic (exact) mass is 411 g/mol. The molecule has 0 radical (unpaired) electrons. The summed E-state index contributed by atoms with van der Waals surface area (Å²) in [5.41, 5.74) is 1.15. The van der Waals surface area contributed by atoms with Crippen LogP contribution in [0.15, 0.2) is 55.4 Å². The molecule has 1 heterocycles. The highest BCUT2D eigenvalue weighted by molar-refractivity contribution is 7.92. The number of hydrogen-bond acceptors (Lipinski definition) is 6. The second-order valence-electron chi connectivity index (χ2n) is 6.04.